The highest BCUT2D eigenvalue weighted by molar-refractivity contribution is 6.30. The van der Waals surface area contributed by atoms with Gasteiger partial charge in [-0.1, -0.05) is 23.7 Å². The number of nitrogens with one attached hydrogen (secondary N) is 1. The van der Waals surface area contributed by atoms with Crippen LogP contribution in [0.1, 0.15) is 16.1 Å². The van der Waals surface area contributed by atoms with Gasteiger partial charge in [0.15, 0.2) is 0 Å². The molecule has 1 fully saturated rings. The number of benzene rings is 1. The molecule has 0 aliphatic carbocycles. The zero-order valence-electron chi connectivity index (χ0n) is 13.7. The van der Waals surface area contributed by atoms with Crippen molar-refractivity contribution in [2.75, 3.05) is 31.5 Å². The number of halogens is 1. The summed E-state index contributed by atoms with van der Waals surface area (Å²) in [6.45, 7) is 2.86. The van der Waals surface area contributed by atoms with Gasteiger partial charge in [0.05, 0.1) is 11.9 Å². The molecule has 7 heteroatoms. The van der Waals surface area contributed by atoms with Crippen LogP contribution in [-0.2, 0) is 11.3 Å². The molecule has 2 aromatic rings. The second-order valence-corrected chi connectivity index (χ2v) is 6.28. The van der Waals surface area contributed by atoms with Gasteiger partial charge in [-0.05, 0) is 29.8 Å². The van der Waals surface area contributed by atoms with Gasteiger partial charge in [-0.2, -0.15) is 0 Å². The van der Waals surface area contributed by atoms with E-state index in [4.69, 9.17) is 11.6 Å². The fourth-order valence-corrected chi connectivity index (χ4v) is 2.75. The van der Waals surface area contributed by atoms with E-state index in [1.807, 2.05) is 30.3 Å². The number of pyridine rings is 1. The summed E-state index contributed by atoms with van der Waals surface area (Å²) in [5.41, 5.74) is 2.37. The Hall–Kier alpha value is -2.60. The average Bonchev–Trinajstić information content (AvgIpc) is 2.67. The van der Waals surface area contributed by atoms with Crippen LogP contribution < -0.4 is 5.32 Å². The number of rotatable bonds is 5. The van der Waals surface area contributed by atoms with Gasteiger partial charge in [0.1, 0.15) is 5.69 Å². The summed E-state index contributed by atoms with van der Waals surface area (Å²) in [6.07, 6.45) is 2.48. The highest BCUT2D eigenvalue weighted by Gasteiger charge is 2.21. The molecule has 25 heavy (non-hydrogen) atoms. The molecular weight excluding hydrogens is 340 g/mol. The number of carbonyl (C=O) groups is 2. The Morgan fingerprint density at radius 1 is 1.12 bits per heavy atom. The number of aromatic nitrogens is 1. The van der Waals surface area contributed by atoms with Gasteiger partial charge in [-0.15, -0.1) is 0 Å². The first kappa shape index (κ1) is 17.2. The van der Waals surface area contributed by atoms with Crippen LogP contribution in [0.3, 0.4) is 0 Å². The number of amides is 2. The number of hydrogen-bond donors (Lipinski definition) is 1. The minimum Gasteiger partial charge on any atom is -0.380 e. The molecular formula is C18H19ClN4O2. The SMILES string of the molecule is O=CN1CCN(C(=O)c2ccc(NCc3ccc(Cl)cc3)cn2)CC1. The lowest BCUT2D eigenvalue weighted by atomic mass is 10.2. The van der Waals surface area contributed by atoms with E-state index in [0.717, 1.165) is 17.7 Å². The monoisotopic (exact) mass is 358 g/mol. The number of nitrogens with zero attached hydrogens (tertiary/aromatic N) is 3. The van der Waals surface area contributed by atoms with E-state index in [1.54, 1.807) is 22.1 Å². The molecule has 130 valence electrons. The lowest BCUT2D eigenvalue weighted by Crippen LogP contribution is -2.48. The van der Waals surface area contributed by atoms with Crippen molar-refractivity contribution in [1.29, 1.82) is 0 Å². The van der Waals surface area contributed by atoms with Gasteiger partial charge in [-0.3, -0.25) is 9.59 Å². The Balaban J connectivity index is 1.55. The van der Waals surface area contributed by atoms with Crippen molar-refractivity contribution in [3.8, 4) is 0 Å². The van der Waals surface area contributed by atoms with E-state index in [1.165, 1.54) is 0 Å². The minimum atomic E-state index is -0.102. The summed E-state index contributed by atoms with van der Waals surface area (Å²) < 4.78 is 0. The molecule has 3 rings (SSSR count). The molecule has 1 N–H and O–H groups in total. The smallest absolute Gasteiger partial charge is 0.272 e. The van der Waals surface area contributed by atoms with E-state index in [-0.39, 0.29) is 5.91 Å². The van der Waals surface area contributed by atoms with Crippen LogP contribution in [0.2, 0.25) is 5.02 Å². The Kier molecular flexibility index (Phi) is 5.50. The largest absolute Gasteiger partial charge is 0.380 e. The molecule has 2 heterocycles. The molecule has 0 bridgehead atoms. The summed E-state index contributed by atoms with van der Waals surface area (Å²) in [5, 5.41) is 3.97. The molecule has 0 unspecified atom stereocenters. The van der Waals surface area contributed by atoms with Crippen LogP contribution in [0.5, 0.6) is 0 Å². The first-order valence-corrected chi connectivity index (χ1v) is 8.46. The van der Waals surface area contributed by atoms with Crippen molar-refractivity contribution in [3.05, 3.63) is 58.9 Å². The number of anilines is 1. The molecule has 1 aliphatic rings. The molecule has 1 aromatic heterocycles. The number of carbonyl (C=O) groups excluding carboxylic acids is 2. The first-order chi connectivity index (χ1) is 12.2. The van der Waals surface area contributed by atoms with Crippen LogP contribution in [-0.4, -0.2) is 53.3 Å². The van der Waals surface area contributed by atoms with Crippen LogP contribution >= 0.6 is 11.6 Å². The summed E-state index contributed by atoms with van der Waals surface area (Å²) in [7, 11) is 0. The maximum absolute atomic E-state index is 12.4. The van der Waals surface area contributed by atoms with Gasteiger partial charge >= 0.3 is 0 Å². The van der Waals surface area contributed by atoms with Gasteiger partial charge in [0, 0.05) is 37.7 Å². The Morgan fingerprint density at radius 3 is 2.44 bits per heavy atom. The second kappa shape index (κ2) is 7.98. The van der Waals surface area contributed by atoms with E-state index < -0.39 is 0 Å². The summed E-state index contributed by atoms with van der Waals surface area (Å²) >= 11 is 5.87. The number of hydrogen-bond acceptors (Lipinski definition) is 4. The van der Waals surface area contributed by atoms with Crippen LogP contribution in [0.4, 0.5) is 5.69 Å². The quantitative estimate of drug-likeness (QED) is 0.833. The summed E-state index contributed by atoms with van der Waals surface area (Å²) in [4.78, 5) is 30.8. The van der Waals surface area contributed by atoms with E-state index in [2.05, 4.69) is 10.3 Å². The van der Waals surface area contributed by atoms with Crippen molar-refractivity contribution in [2.24, 2.45) is 0 Å². The molecule has 1 aromatic carbocycles. The van der Waals surface area contributed by atoms with E-state index in [0.29, 0.717) is 43.4 Å². The third kappa shape index (κ3) is 4.48. The van der Waals surface area contributed by atoms with E-state index >= 15 is 0 Å². The van der Waals surface area contributed by atoms with E-state index in [9.17, 15) is 9.59 Å². The molecule has 1 aliphatic heterocycles. The number of piperazine rings is 1. The first-order valence-electron chi connectivity index (χ1n) is 8.09. The maximum atomic E-state index is 12.4. The van der Waals surface area contributed by atoms with Crippen molar-refractivity contribution >= 4 is 29.6 Å². The van der Waals surface area contributed by atoms with Crippen molar-refractivity contribution in [1.82, 2.24) is 14.8 Å². The fourth-order valence-electron chi connectivity index (χ4n) is 2.62. The zero-order valence-corrected chi connectivity index (χ0v) is 14.4. The molecule has 6 nitrogen and oxygen atoms in total. The average molecular weight is 359 g/mol. The lowest BCUT2D eigenvalue weighted by molar-refractivity contribution is -0.119. The highest BCUT2D eigenvalue weighted by atomic mass is 35.5. The maximum Gasteiger partial charge on any atom is 0.272 e. The predicted molar refractivity (Wildman–Crippen MR) is 96.6 cm³/mol. The lowest BCUT2D eigenvalue weighted by Gasteiger charge is -2.32. The molecule has 0 saturated carbocycles. The highest BCUT2D eigenvalue weighted by Crippen LogP contribution is 2.13. The van der Waals surface area contributed by atoms with Crippen molar-refractivity contribution in [3.63, 3.8) is 0 Å². The van der Waals surface area contributed by atoms with Crippen LogP contribution in [0, 0.1) is 0 Å². The molecule has 1 saturated heterocycles. The van der Waals surface area contributed by atoms with Crippen LogP contribution in [0.25, 0.3) is 0 Å². The summed E-state index contributed by atoms with van der Waals surface area (Å²) in [5.74, 6) is -0.102. The molecule has 2 amide bonds. The van der Waals surface area contributed by atoms with Gasteiger partial charge in [0.25, 0.3) is 5.91 Å². The molecule has 0 spiro atoms. The normalized spacial score (nSPS) is 14.3. The molecule has 0 radical (unpaired) electrons. The Labute approximate surface area is 151 Å². The fraction of sp³-hybridized carbons (Fsp3) is 0.278. The third-order valence-corrected chi connectivity index (χ3v) is 4.40. The second-order valence-electron chi connectivity index (χ2n) is 5.85. The third-order valence-electron chi connectivity index (χ3n) is 4.14. The Morgan fingerprint density at radius 2 is 1.84 bits per heavy atom. The van der Waals surface area contributed by atoms with Crippen molar-refractivity contribution in [2.45, 2.75) is 6.54 Å². The summed E-state index contributed by atoms with van der Waals surface area (Å²) in [6, 6.07) is 11.2. The predicted octanol–water partition coefficient (Wildman–Crippen LogP) is 2.26. The standard InChI is InChI=1S/C18H19ClN4O2/c19-15-3-1-14(2-4-15)11-20-16-5-6-17(21-12-16)18(25)23-9-7-22(13-24)8-10-23/h1-6,12-13,20H,7-11H2. The van der Waals surface area contributed by atoms with Gasteiger partial charge in [-0.25, -0.2) is 4.98 Å². The zero-order chi connectivity index (χ0) is 17.6. The van der Waals surface area contributed by atoms with Gasteiger partial charge in [0.2, 0.25) is 6.41 Å². The van der Waals surface area contributed by atoms with Crippen LogP contribution in [0.15, 0.2) is 42.6 Å². The topological polar surface area (TPSA) is 65.5 Å². The minimum absolute atomic E-state index is 0.102. The molecule has 0 atom stereocenters. The Bertz CT molecular complexity index is 726. The van der Waals surface area contributed by atoms with Crippen molar-refractivity contribution < 1.29 is 9.59 Å². The van der Waals surface area contributed by atoms with Gasteiger partial charge < -0.3 is 15.1 Å².